The van der Waals surface area contributed by atoms with Gasteiger partial charge in [0.05, 0.1) is 0 Å². The first kappa shape index (κ1) is 16.8. The fourth-order valence-corrected chi connectivity index (χ4v) is 2.61. The fraction of sp³-hybridized carbons (Fsp3) is 0.130. The van der Waals surface area contributed by atoms with Gasteiger partial charge in [0, 0.05) is 23.5 Å². The fourth-order valence-electron chi connectivity index (χ4n) is 2.61. The molecule has 1 aromatic heterocycles. The van der Waals surface area contributed by atoms with Crippen LogP contribution in [0.5, 0.6) is 5.75 Å². The lowest BCUT2D eigenvalue weighted by Gasteiger charge is -2.07. The van der Waals surface area contributed by atoms with Gasteiger partial charge in [-0.15, -0.1) is 0 Å². The van der Waals surface area contributed by atoms with Crippen LogP contribution in [-0.2, 0) is 0 Å². The standard InChI is InChI=1S/C14H14O.C9H9N/c1-12-8-10-14(11-9-12)15-13-6-4-2-3-5-7-13;1-7-6-10-9-5-3-2-4-8(7)9/h2-6,8-11H,7H2,1H3;2-6,10H,1H3. The zero-order chi connectivity index (χ0) is 17.5. The molecule has 3 aromatic rings. The minimum Gasteiger partial charge on any atom is -0.461 e. The molecule has 1 N–H and O–H groups in total. The maximum absolute atomic E-state index is 5.75. The minimum absolute atomic E-state index is 0.848. The predicted molar refractivity (Wildman–Crippen MR) is 106 cm³/mol. The number of hydrogen-bond donors (Lipinski definition) is 1. The van der Waals surface area contributed by atoms with Crippen LogP contribution >= 0.6 is 0 Å². The van der Waals surface area contributed by atoms with Gasteiger partial charge in [-0.25, -0.2) is 0 Å². The molecule has 1 heterocycles. The molecule has 1 aliphatic carbocycles. The zero-order valence-corrected chi connectivity index (χ0v) is 14.7. The van der Waals surface area contributed by atoms with E-state index in [-0.39, 0.29) is 0 Å². The van der Waals surface area contributed by atoms with Gasteiger partial charge in [-0.1, -0.05) is 60.2 Å². The summed E-state index contributed by atoms with van der Waals surface area (Å²) in [4.78, 5) is 3.19. The maximum Gasteiger partial charge on any atom is 0.126 e. The summed E-state index contributed by atoms with van der Waals surface area (Å²) in [7, 11) is 0. The average Bonchev–Trinajstić information content (AvgIpc) is 2.84. The van der Waals surface area contributed by atoms with Crippen molar-refractivity contribution in [1.29, 1.82) is 0 Å². The predicted octanol–water partition coefficient (Wildman–Crippen LogP) is 6.25. The van der Waals surface area contributed by atoms with Crippen LogP contribution in [0.15, 0.2) is 90.9 Å². The molecule has 0 atom stereocenters. The molecule has 0 fully saturated rings. The molecule has 0 amide bonds. The number of nitrogens with one attached hydrogen (secondary N) is 1. The lowest BCUT2D eigenvalue weighted by atomic mass is 10.2. The van der Waals surface area contributed by atoms with Crippen LogP contribution in [0.3, 0.4) is 0 Å². The minimum atomic E-state index is 0.848. The Morgan fingerprint density at radius 2 is 1.68 bits per heavy atom. The maximum atomic E-state index is 5.75. The second-order valence-electron chi connectivity index (χ2n) is 6.08. The molecule has 0 aliphatic heterocycles. The summed E-state index contributed by atoms with van der Waals surface area (Å²) in [6, 6.07) is 16.4. The molecule has 0 radical (unpaired) electrons. The molecule has 2 heteroatoms. The van der Waals surface area contributed by atoms with Crippen molar-refractivity contribution in [3.05, 3.63) is 102 Å². The van der Waals surface area contributed by atoms with E-state index >= 15 is 0 Å². The first-order valence-corrected chi connectivity index (χ1v) is 8.52. The van der Waals surface area contributed by atoms with E-state index in [4.69, 9.17) is 4.74 Å². The lowest BCUT2D eigenvalue weighted by Crippen LogP contribution is -1.93. The number of H-pyrrole nitrogens is 1. The number of aryl methyl sites for hydroxylation is 2. The molecule has 126 valence electrons. The number of rotatable bonds is 2. The smallest absolute Gasteiger partial charge is 0.126 e. The molecule has 1 aliphatic rings. The van der Waals surface area contributed by atoms with Gasteiger partial charge < -0.3 is 9.72 Å². The summed E-state index contributed by atoms with van der Waals surface area (Å²) < 4.78 is 5.75. The average molecular weight is 329 g/mol. The van der Waals surface area contributed by atoms with E-state index in [0.29, 0.717) is 0 Å². The first-order valence-electron chi connectivity index (χ1n) is 8.52. The highest BCUT2D eigenvalue weighted by molar-refractivity contribution is 5.82. The third kappa shape index (κ3) is 4.74. The van der Waals surface area contributed by atoms with Crippen LogP contribution in [0.2, 0.25) is 0 Å². The summed E-state index contributed by atoms with van der Waals surface area (Å²) in [5, 5.41) is 1.32. The van der Waals surface area contributed by atoms with Crippen molar-refractivity contribution in [3.63, 3.8) is 0 Å². The van der Waals surface area contributed by atoms with Crippen molar-refractivity contribution < 1.29 is 4.74 Å². The van der Waals surface area contributed by atoms with Crippen LogP contribution in [0.4, 0.5) is 0 Å². The topological polar surface area (TPSA) is 25.0 Å². The Kier molecular flexibility index (Phi) is 5.53. The van der Waals surface area contributed by atoms with Gasteiger partial charge in [-0.2, -0.15) is 0 Å². The number of allylic oxidation sites excluding steroid dienone is 5. The summed E-state index contributed by atoms with van der Waals surface area (Å²) in [6.45, 7) is 4.18. The number of aromatic nitrogens is 1. The van der Waals surface area contributed by atoms with Crippen molar-refractivity contribution in [2.24, 2.45) is 0 Å². The Morgan fingerprint density at radius 1 is 0.880 bits per heavy atom. The van der Waals surface area contributed by atoms with E-state index in [9.17, 15) is 0 Å². The molecular formula is C23H23NO. The van der Waals surface area contributed by atoms with E-state index in [0.717, 1.165) is 17.9 Å². The summed E-state index contributed by atoms with van der Waals surface area (Å²) >= 11 is 0. The third-order valence-corrected chi connectivity index (χ3v) is 4.03. The van der Waals surface area contributed by atoms with Crippen molar-refractivity contribution in [2.75, 3.05) is 0 Å². The Morgan fingerprint density at radius 3 is 2.48 bits per heavy atom. The highest BCUT2D eigenvalue weighted by Gasteiger charge is 1.99. The molecule has 0 saturated carbocycles. The molecule has 4 rings (SSSR count). The molecule has 0 bridgehead atoms. The summed E-state index contributed by atoms with van der Waals surface area (Å²) in [6.07, 6.45) is 13.0. The zero-order valence-electron chi connectivity index (χ0n) is 14.7. The van der Waals surface area contributed by atoms with E-state index < -0.39 is 0 Å². The molecule has 2 nitrogen and oxygen atoms in total. The molecule has 25 heavy (non-hydrogen) atoms. The second kappa shape index (κ2) is 8.20. The monoisotopic (exact) mass is 329 g/mol. The van der Waals surface area contributed by atoms with Gasteiger partial charge in [-0.3, -0.25) is 0 Å². The lowest BCUT2D eigenvalue weighted by molar-refractivity contribution is 0.416. The van der Waals surface area contributed by atoms with Gasteiger partial charge in [0.15, 0.2) is 0 Å². The van der Waals surface area contributed by atoms with E-state index in [1.165, 1.54) is 22.0 Å². The van der Waals surface area contributed by atoms with E-state index in [2.05, 4.69) is 55.2 Å². The molecular weight excluding hydrogens is 306 g/mol. The van der Waals surface area contributed by atoms with Crippen molar-refractivity contribution in [3.8, 4) is 5.75 Å². The SMILES string of the molecule is Cc1c[nH]c2ccccc12.Cc1ccc(OC2=CC=CC=CC2)cc1. The Hall–Kier alpha value is -3.00. The summed E-state index contributed by atoms with van der Waals surface area (Å²) in [5.74, 6) is 1.87. The number of benzene rings is 2. The van der Waals surface area contributed by atoms with Crippen molar-refractivity contribution in [1.82, 2.24) is 4.98 Å². The van der Waals surface area contributed by atoms with Crippen LogP contribution in [0.25, 0.3) is 10.9 Å². The van der Waals surface area contributed by atoms with Crippen molar-refractivity contribution in [2.45, 2.75) is 20.3 Å². The number of hydrogen-bond acceptors (Lipinski definition) is 1. The molecule has 0 saturated heterocycles. The van der Waals surface area contributed by atoms with Gasteiger partial charge in [0.25, 0.3) is 0 Å². The number of ether oxygens (including phenoxy) is 1. The number of fused-ring (bicyclic) bond motifs is 1. The van der Waals surface area contributed by atoms with Gasteiger partial charge in [0.1, 0.15) is 11.5 Å². The van der Waals surface area contributed by atoms with Gasteiger partial charge in [-0.05, 0) is 43.7 Å². The first-order chi connectivity index (χ1) is 12.2. The second-order valence-corrected chi connectivity index (χ2v) is 6.08. The Bertz CT molecular complexity index is 911. The Balaban J connectivity index is 0.000000157. The van der Waals surface area contributed by atoms with Gasteiger partial charge in [0.2, 0.25) is 0 Å². The Labute approximate surface area is 149 Å². The van der Waals surface area contributed by atoms with Gasteiger partial charge >= 0.3 is 0 Å². The molecule has 0 unspecified atom stereocenters. The largest absolute Gasteiger partial charge is 0.461 e. The van der Waals surface area contributed by atoms with Crippen molar-refractivity contribution >= 4 is 10.9 Å². The summed E-state index contributed by atoms with van der Waals surface area (Å²) in [5.41, 5.74) is 3.78. The number of aromatic amines is 1. The highest BCUT2D eigenvalue weighted by atomic mass is 16.5. The van der Waals surface area contributed by atoms with Crippen LogP contribution in [-0.4, -0.2) is 4.98 Å². The van der Waals surface area contributed by atoms with Crippen LogP contribution in [0.1, 0.15) is 17.5 Å². The normalized spacial score (nSPS) is 13.0. The molecule has 0 spiro atoms. The van der Waals surface area contributed by atoms with E-state index in [1.807, 2.05) is 48.7 Å². The number of para-hydroxylation sites is 1. The van der Waals surface area contributed by atoms with Crippen LogP contribution < -0.4 is 4.74 Å². The quantitative estimate of drug-likeness (QED) is 0.590. The van der Waals surface area contributed by atoms with E-state index in [1.54, 1.807) is 0 Å². The highest BCUT2D eigenvalue weighted by Crippen LogP contribution is 2.18. The third-order valence-electron chi connectivity index (χ3n) is 4.03. The molecule has 2 aromatic carbocycles. The van der Waals surface area contributed by atoms with Crippen LogP contribution in [0, 0.1) is 13.8 Å².